The van der Waals surface area contributed by atoms with Gasteiger partial charge in [0, 0.05) is 160 Å². The molecule has 8 aromatic carbocycles. The quantitative estimate of drug-likeness (QED) is 0.141. The van der Waals surface area contributed by atoms with Crippen LogP contribution in [0.15, 0.2) is 365 Å². The molecule has 20 nitrogen and oxygen atoms in total. The topological polar surface area (TPSA) is 251 Å². The van der Waals surface area contributed by atoms with Gasteiger partial charge in [-0.2, -0.15) is 0 Å². The molecular weight excluding hydrogens is 1700 g/mol. The lowest BCUT2D eigenvalue weighted by Crippen LogP contribution is -2.21. The van der Waals surface area contributed by atoms with Crippen molar-refractivity contribution >= 4 is 116 Å². The molecule has 0 radical (unpaired) electrons. The van der Waals surface area contributed by atoms with E-state index in [1.165, 1.54) is 60.3 Å². The molecule has 0 unspecified atom stereocenters. The number of fused-ring (bicyclic) bond motifs is 14. The molecule has 10 aliphatic rings. The summed E-state index contributed by atoms with van der Waals surface area (Å²) in [6, 6.07) is 78.7. The van der Waals surface area contributed by atoms with Crippen molar-refractivity contribution in [2.45, 2.75) is 211 Å². The van der Waals surface area contributed by atoms with Crippen molar-refractivity contribution in [1.82, 2.24) is 39.9 Å². The van der Waals surface area contributed by atoms with Gasteiger partial charge in [0.05, 0.1) is 85.9 Å². The van der Waals surface area contributed by atoms with Gasteiger partial charge >= 0.3 is 0 Å². The molecule has 138 heavy (non-hydrogen) atoms. The van der Waals surface area contributed by atoms with Crippen LogP contribution in [-0.2, 0) is 45.1 Å². The van der Waals surface area contributed by atoms with Crippen molar-refractivity contribution in [1.29, 1.82) is 0 Å². The molecule has 0 saturated carbocycles. The molecule has 0 N–H and O–H groups in total. The predicted octanol–water partition coefficient (Wildman–Crippen LogP) is 27.5. The van der Waals surface area contributed by atoms with Crippen molar-refractivity contribution in [3.05, 3.63) is 382 Å². The number of hydrogen-bond acceptors (Lipinski definition) is 20. The molecule has 15 aromatic rings. The highest BCUT2D eigenvalue weighted by Crippen LogP contribution is 2.25. The van der Waals surface area contributed by atoms with Gasteiger partial charge in [0.25, 0.3) is 0 Å². The normalized spacial score (nSPS) is 11.3. The fourth-order valence-electron chi connectivity index (χ4n) is 12.4. The summed E-state index contributed by atoms with van der Waals surface area (Å²) < 4.78 is 0. The van der Waals surface area contributed by atoms with Crippen LogP contribution in [0.25, 0.3) is 38.7 Å². The maximum atomic E-state index is 4.29. The van der Waals surface area contributed by atoms with E-state index in [4.69, 9.17) is 0 Å². The lowest BCUT2D eigenvalue weighted by Gasteiger charge is -1.93. The van der Waals surface area contributed by atoms with Gasteiger partial charge in [-0.25, -0.2) is 19.9 Å². The van der Waals surface area contributed by atoms with Crippen LogP contribution in [-0.4, -0.2) is 103 Å². The van der Waals surface area contributed by atoms with E-state index < -0.39 is 0 Å². The van der Waals surface area contributed by atoms with Gasteiger partial charge in [-0.3, -0.25) is 79.8 Å². The van der Waals surface area contributed by atoms with Gasteiger partial charge < -0.3 is 0 Å². The molecule has 0 atom stereocenters. The molecule has 20 heteroatoms. The van der Waals surface area contributed by atoms with Crippen LogP contribution in [0.1, 0.15) is 211 Å². The first-order valence-corrected chi connectivity index (χ1v) is 49.4. The van der Waals surface area contributed by atoms with E-state index in [1.807, 2.05) is 417 Å². The third kappa shape index (κ3) is 41.9. The Labute approximate surface area is 823 Å². The first kappa shape index (κ1) is 119. The summed E-state index contributed by atoms with van der Waals surface area (Å²) in [5.41, 5.74) is 17.4. The smallest absolute Gasteiger partial charge is 0.155 e. The Hall–Kier alpha value is -14.9. The van der Waals surface area contributed by atoms with Crippen LogP contribution < -0.4 is 32.0 Å². The third-order valence-electron chi connectivity index (χ3n) is 18.3. The van der Waals surface area contributed by atoms with Gasteiger partial charge in [-0.1, -0.05) is 324 Å². The second kappa shape index (κ2) is 78.4. The highest BCUT2D eigenvalue weighted by atomic mass is 15.0. The highest BCUT2D eigenvalue weighted by molar-refractivity contribution is 5.85. The predicted molar refractivity (Wildman–Crippen MR) is 595 cm³/mol. The zero-order chi connectivity index (χ0) is 101. The summed E-state index contributed by atoms with van der Waals surface area (Å²) in [5, 5.41) is 11.2. The van der Waals surface area contributed by atoms with E-state index in [0.717, 1.165) is 135 Å². The Bertz CT molecular complexity index is 5530. The van der Waals surface area contributed by atoms with Crippen LogP contribution in [0.4, 0.5) is 34.3 Å². The molecule has 0 fully saturated rings. The van der Waals surface area contributed by atoms with E-state index in [9.17, 15) is 0 Å². The molecule has 0 amide bonds. The molecule has 0 saturated heterocycles. The van der Waals surface area contributed by atoms with Crippen molar-refractivity contribution < 1.29 is 0 Å². The average molecular weight is 1850 g/mol. The van der Waals surface area contributed by atoms with Gasteiger partial charge in [0.2, 0.25) is 0 Å². The first-order valence-electron chi connectivity index (χ1n) is 49.4. The number of nitrogens with zero attached hydrogens (tertiary/aromatic N) is 20. The summed E-state index contributed by atoms with van der Waals surface area (Å²) in [6.45, 7) is 50.9. The minimum atomic E-state index is 0.571. The molecule has 722 valence electrons. The Morgan fingerprint density at radius 1 is 0.246 bits per heavy atom. The average Bonchev–Trinajstić information content (AvgIpc) is 1.66. The van der Waals surface area contributed by atoms with E-state index in [-0.39, 0.29) is 0 Å². The second-order valence-electron chi connectivity index (χ2n) is 25.8. The molecule has 17 heterocycles. The molecule has 0 spiro atoms. The first-order chi connectivity index (χ1) is 68.6. The number of para-hydroxylation sites is 6. The van der Waals surface area contributed by atoms with Gasteiger partial charge in [0.1, 0.15) is 25.0 Å². The standard InChI is InChI=1S/C9H7N3.2C9H7N.C8H6N2.3C8H7N.5C7H6N2.12C2H6/c1-2-7-9(12-5-11-7)8-6(1)3-4-10-8;1-2-6-9-8(4-1)5-3-7-10-9;1-2-4-9-7-10-6-5-8(9)3-1;1-2-4-8-7(3-1)5-9-6-10-8;1-2-4-8-6-9-5-7(8)3-1;2*1-2-4-8-7(3-1)5-6-9-8;1-4-9-7-2-3-8-5-6(1)7;1-3-8-5-7-6(1)2-4-9-7;1-2-6-7(8-4-1)3-5-9-6;1-2-6-3-5-9-7(6)8-4-1;1-2-4-7-6(3-1)8-5-9-7;12*1-2/h1-2,4H,3,5H2;2*1-7H;1-6H;1-5H,6H2;1-4,6H,5H2;1-5H,6H2;2-5H,1H2;1,3-5H,2H2;2*1-2,4-5H,3H2;1-4H,5H2;12*1-2H3. The van der Waals surface area contributed by atoms with Crippen LogP contribution in [0.2, 0.25) is 0 Å². The van der Waals surface area contributed by atoms with Gasteiger partial charge in [0.15, 0.2) is 5.82 Å². The number of benzene rings is 8. The summed E-state index contributed by atoms with van der Waals surface area (Å²) in [7, 11) is 0. The summed E-state index contributed by atoms with van der Waals surface area (Å²) >= 11 is 0. The summed E-state index contributed by atoms with van der Waals surface area (Å²) in [6.07, 6.45) is 40.9. The van der Waals surface area contributed by atoms with Crippen molar-refractivity contribution in [2.24, 2.45) is 59.9 Å². The summed E-state index contributed by atoms with van der Waals surface area (Å²) in [5.74, 6) is 0.887. The Morgan fingerprint density at radius 3 is 1.35 bits per heavy atom. The van der Waals surface area contributed by atoms with Crippen LogP contribution in [0, 0.1) is 0 Å². The van der Waals surface area contributed by atoms with Crippen LogP contribution >= 0.6 is 0 Å². The maximum absolute atomic E-state index is 4.29. The number of aromatic nitrogens is 8. The lowest BCUT2D eigenvalue weighted by molar-refractivity contribution is 1.06. The number of rotatable bonds is 0. The Morgan fingerprint density at radius 2 is 0.703 bits per heavy atom. The second-order valence-corrected chi connectivity index (χ2v) is 25.8. The zero-order valence-electron chi connectivity index (χ0n) is 86.5. The molecule has 25 rings (SSSR count). The monoisotopic (exact) mass is 1850 g/mol. The Balaban J connectivity index is 0.000000499. The van der Waals surface area contributed by atoms with Crippen LogP contribution in [0.5, 0.6) is 0 Å². The fraction of sp³-hybridized carbons (Fsp3) is 0.288. The number of aliphatic imine (C=N–C) groups is 7. The van der Waals surface area contributed by atoms with Gasteiger partial charge in [-0.15, -0.1) is 0 Å². The third-order valence-corrected chi connectivity index (χ3v) is 18.3. The summed E-state index contributed by atoms with van der Waals surface area (Å²) in [4.78, 5) is 82.3. The SMILES string of the molecule is C1=NCc2ccccc21.C1=Nc2c(ccc3c2=NCN=3)C1.C1=Nc2ccccc2C1.C1=Nc2cccnc2C1.C1=Nc2ccncc2C1.C1=Nc2cnccc2C1.C1=Nc2ncccc2C1.C1=c2ccccc2=NC1.CC.CC.CC.CC.CC.CC.CC.CC.CC.CC.CC.CC.c1ccc2c(c1)=NCN=2.c1ccc2cnccc2c1.c1ccc2ncccc2c1.c1ccc2ncncc2c1. The van der Waals surface area contributed by atoms with Gasteiger partial charge in [-0.05, 0) is 129 Å². The lowest BCUT2D eigenvalue weighted by atomic mass is 10.1. The molecule has 10 aliphatic heterocycles. The maximum Gasteiger partial charge on any atom is 0.155 e. The van der Waals surface area contributed by atoms with E-state index in [0.29, 0.717) is 13.3 Å². The highest BCUT2D eigenvalue weighted by Gasteiger charge is 2.12. The molecule has 0 aliphatic carbocycles. The zero-order valence-corrected chi connectivity index (χ0v) is 86.5. The van der Waals surface area contributed by atoms with Crippen molar-refractivity contribution in [2.75, 3.05) is 19.9 Å². The molecule has 7 aromatic heterocycles. The van der Waals surface area contributed by atoms with Crippen molar-refractivity contribution in [3.63, 3.8) is 0 Å². The van der Waals surface area contributed by atoms with E-state index in [2.05, 4.69) is 167 Å². The number of pyridine rings is 6. The molecule has 0 bridgehead atoms. The largest absolute Gasteiger partial charge is 0.288 e. The minimum Gasteiger partial charge on any atom is -0.288 e. The fourth-order valence-corrected chi connectivity index (χ4v) is 12.4. The van der Waals surface area contributed by atoms with E-state index >= 15 is 0 Å². The van der Waals surface area contributed by atoms with Crippen molar-refractivity contribution in [3.8, 4) is 0 Å². The van der Waals surface area contributed by atoms with E-state index in [1.54, 1.807) is 37.3 Å². The number of hydrogen-bond donors (Lipinski definition) is 0. The minimum absolute atomic E-state index is 0.571. The van der Waals surface area contributed by atoms with Crippen LogP contribution in [0.3, 0.4) is 0 Å². The Kier molecular flexibility index (Phi) is 67.7. The molecular formula is C118H150N20.